The Morgan fingerprint density at radius 1 is 1.53 bits per heavy atom. The highest BCUT2D eigenvalue weighted by atomic mass is 16.5. The molecule has 1 N–H and O–H groups in total. The first-order chi connectivity index (χ1) is 8.19. The fraction of sp³-hybridized carbons (Fsp3) is 0.833. The highest BCUT2D eigenvalue weighted by Gasteiger charge is 2.29. The van der Waals surface area contributed by atoms with Crippen LogP contribution in [0.15, 0.2) is 4.52 Å². The van der Waals surface area contributed by atoms with Crippen LogP contribution in [0.2, 0.25) is 0 Å². The molecule has 0 bridgehead atoms. The summed E-state index contributed by atoms with van der Waals surface area (Å²) in [6.45, 7) is 5.25. The Hall–Kier alpha value is -0.940. The molecule has 1 aliphatic heterocycles. The standard InChI is InChI=1S/C12H21N3O2/c1-8(2)4-5-11-14-12(17-15-11)10-6-9(16-3)7-13-10/h8-10,13H,4-7H2,1-3H3/t9-,10+/m0/s1. The molecule has 1 saturated heterocycles. The second-order valence-electron chi connectivity index (χ2n) is 5.04. The van der Waals surface area contributed by atoms with Gasteiger partial charge in [-0.3, -0.25) is 0 Å². The largest absolute Gasteiger partial charge is 0.380 e. The lowest BCUT2D eigenvalue weighted by Crippen LogP contribution is -2.16. The fourth-order valence-electron chi connectivity index (χ4n) is 2.00. The summed E-state index contributed by atoms with van der Waals surface area (Å²) < 4.78 is 10.6. The van der Waals surface area contributed by atoms with Crippen molar-refractivity contribution in [3.05, 3.63) is 11.7 Å². The maximum atomic E-state index is 5.30. The highest BCUT2D eigenvalue weighted by molar-refractivity contribution is 4.97. The van der Waals surface area contributed by atoms with Crippen LogP contribution < -0.4 is 5.32 Å². The SMILES string of the molecule is CO[C@@H]1CN[C@@H](c2nc(CCC(C)C)no2)C1. The van der Waals surface area contributed by atoms with E-state index in [2.05, 4.69) is 29.3 Å². The average Bonchev–Trinajstić information content (AvgIpc) is 2.94. The zero-order valence-corrected chi connectivity index (χ0v) is 10.8. The second kappa shape index (κ2) is 5.60. The maximum Gasteiger partial charge on any atom is 0.243 e. The first-order valence-electron chi connectivity index (χ1n) is 6.27. The molecular formula is C12H21N3O2. The second-order valence-corrected chi connectivity index (χ2v) is 5.04. The van der Waals surface area contributed by atoms with Crippen molar-refractivity contribution < 1.29 is 9.26 Å². The number of hydrogen-bond donors (Lipinski definition) is 1. The average molecular weight is 239 g/mol. The lowest BCUT2D eigenvalue weighted by molar-refractivity contribution is 0.116. The van der Waals surface area contributed by atoms with Crippen molar-refractivity contribution in [1.82, 2.24) is 15.5 Å². The van der Waals surface area contributed by atoms with Gasteiger partial charge < -0.3 is 14.6 Å². The molecule has 1 aromatic heterocycles. The van der Waals surface area contributed by atoms with Gasteiger partial charge in [-0.15, -0.1) is 0 Å². The van der Waals surface area contributed by atoms with E-state index in [1.807, 2.05) is 0 Å². The number of aromatic nitrogens is 2. The Kier molecular flexibility index (Phi) is 4.12. The predicted molar refractivity (Wildman–Crippen MR) is 63.6 cm³/mol. The van der Waals surface area contributed by atoms with Gasteiger partial charge in [0, 0.05) is 20.1 Å². The molecular weight excluding hydrogens is 218 g/mol. The number of aryl methyl sites for hydroxylation is 1. The third kappa shape index (κ3) is 3.26. The molecule has 0 unspecified atom stereocenters. The molecule has 5 heteroatoms. The van der Waals surface area contributed by atoms with Gasteiger partial charge in [-0.05, 0) is 18.8 Å². The molecule has 2 heterocycles. The lowest BCUT2D eigenvalue weighted by atomic mass is 10.1. The molecule has 96 valence electrons. The number of nitrogens with one attached hydrogen (secondary N) is 1. The monoisotopic (exact) mass is 239 g/mol. The van der Waals surface area contributed by atoms with Gasteiger partial charge in [0.25, 0.3) is 0 Å². The summed E-state index contributed by atoms with van der Waals surface area (Å²) in [6, 6.07) is 0.153. The molecule has 0 aromatic carbocycles. The molecule has 0 saturated carbocycles. The van der Waals surface area contributed by atoms with Gasteiger partial charge in [0.1, 0.15) is 0 Å². The number of hydrogen-bond acceptors (Lipinski definition) is 5. The minimum absolute atomic E-state index is 0.153. The first-order valence-corrected chi connectivity index (χ1v) is 6.27. The molecule has 1 fully saturated rings. The summed E-state index contributed by atoms with van der Waals surface area (Å²) in [6.07, 6.45) is 3.15. The summed E-state index contributed by atoms with van der Waals surface area (Å²) in [5.41, 5.74) is 0. The first kappa shape index (κ1) is 12.5. The predicted octanol–water partition coefficient (Wildman–Crippen LogP) is 1.71. The van der Waals surface area contributed by atoms with Crippen molar-refractivity contribution in [2.75, 3.05) is 13.7 Å². The molecule has 0 aliphatic carbocycles. The Bertz CT molecular complexity index is 351. The van der Waals surface area contributed by atoms with Crippen molar-refractivity contribution >= 4 is 0 Å². The van der Waals surface area contributed by atoms with E-state index in [0.717, 1.165) is 31.6 Å². The number of nitrogens with zero attached hydrogens (tertiary/aromatic N) is 2. The summed E-state index contributed by atoms with van der Waals surface area (Å²) in [7, 11) is 1.73. The third-order valence-corrected chi connectivity index (χ3v) is 3.15. The molecule has 1 aliphatic rings. The normalized spacial score (nSPS) is 24.7. The van der Waals surface area contributed by atoms with Gasteiger partial charge in [0.2, 0.25) is 5.89 Å². The van der Waals surface area contributed by atoms with E-state index in [1.54, 1.807) is 7.11 Å². The van der Waals surface area contributed by atoms with Crippen LogP contribution in [0, 0.1) is 5.92 Å². The maximum absolute atomic E-state index is 5.30. The van der Waals surface area contributed by atoms with Gasteiger partial charge in [0.05, 0.1) is 12.1 Å². The van der Waals surface area contributed by atoms with E-state index in [1.165, 1.54) is 0 Å². The Labute approximate surface area is 102 Å². The number of methoxy groups -OCH3 is 1. The van der Waals surface area contributed by atoms with Crippen molar-refractivity contribution in [2.24, 2.45) is 5.92 Å². The number of rotatable bonds is 5. The Morgan fingerprint density at radius 2 is 2.35 bits per heavy atom. The Balaban J connectivity index is 1.90. The van der Waals surface area contributed by atoms with Gasteiger partial charge in [-0.2, -0.15) is 4.98 Å². The van der Waals surface area contributed by atoms with E-state index in [0.29, 0.717) is 11.8 Å². The molecule has 2 atom stereocenters. The lowest BCUT2D eigenvalue weighted by Gasteiger charge is -2.04. The van der Waals surface area contributed by atoms with Gasteiger partial charge in [0.15, 0.2) is 5.82 Å². The van der Waals surface area contributed by atoms with E-state index >= 15 is 0 Å². The van der Waals surface area contributed by atoms with Crippen LogP contribution >= 0.6 is 0 Å². The van der Waals surface area contributed by atoms with Crippen LogP contribution in [0.4, 0.5) is 0 Å². The molecule has 0 spiro atoms. The van der Waals surface area contributed by atoms with E-state index in [-0.39, 0.29) is 12.1 Å². The van der Waals surface area contributed by atoms with Crippen LogP contribution in [0.1, 0.15) is 44.4 Å². The summed E-state index contributed by atoms with van der Waals surface area (Å²) in [4.78, 5) is 4.44. The van der Waals surface area contributed by atoms with Crippen LogP contribution in [0.3, 0.4) is 0 Å². The van der Waals surface area contributed by atoms with Crippen LogP contribution in [-0.4, -0.2) is 29.9 Å². The third-order valence-electron chi connectivity index (χ3n) is 3.15. The molecule has 5 nitrogen and oxygen atoms in total. The van der Waals surface area contributed by atoms with Gasteiger partial charge in [-0.25, -0.2) is 0 Å². The van der Waals surface area contributed by atoms with Crippen molar-refractivity contribution in [3.8, 4) is 0 Å². The summed E-state index contributed by atoms with van der Waals surface area (Å²) in [5.74, 6) is 2.18. The zero-order valence-electron chi connectivity index (χ0n) is 10.8. The molecule has 0 radical (unpaired) electrons. The fourth-order valence-corrected chi connectivity index (χ4v) is 2.00. The van der Waals surface area contributed by atoms with Crippen molar-refractivity contribution in [2.45, 2.75) is 45.3 Å². The van der Waals surface area contributed by atoms with E-state index in [9.17, 15) is 0 Å². The zero-order chi connectivity index (χ0) is 12.3. The van der Waals surface area contributed by atoms with Crippen LogP contribution in [0.5, 0.6) is 0 Å². The van der Waals surface area contributed by atoms with Gasteiger partial charge >= 0.3 is 0 Å². The highest BCUT2D eigenvalue weighted by Crippen LogP contribution is 2.23. The van der Waals surface area contributed by atoms with Crippen molar-refractivity contribution in [1.29, 1.82) is 0 Å². The summed E-state index contributed by atoms with van der Waals surface area (Å²) in [5, 5.41) is 7.35. The number of ether oxygens (including phenoxy) is 1. The topological polar surface area (TPSA) is 60.2 Å². The minimum atomic E-state index is 0.153. The van der Waals surface area contributed by atoms with E-state index in [4.69, 9.17) is 9.26 Å². The molecule has 2 rings (SSSR count). The molecule has 17 heavy (non-hydrogen) atoms. The summed E-state index contributed by atoms with van der Waals surface area (Å²) >= 11 is 0. The van der Waals surface area contributed by atoms with E-state index < -0.39 is 0 Å². The Morgan fingerprint density at radius 3 is 3.00 bits per heavy atom. The van der Waals surface area contributed by atoms with Gasteiger partial charge in [-0.1, -0.05) is 19.0 Å². The van der Waals surface area contributed by atoms with Crippen LogP contribution in [-0.2, 0) is 11.2 Å². The smallest absolute Gasteiger partial charge is 0.243 e. The van der Waals surface area contributed by atoms with Crippen molar-refractivity contribution in [3.63, 3.8) is 0 Å². The molecule has 1 aromatic rings. The van der Waals surface area contributed by atoms with Crippen LogP contribution in [0.25, 0.3) is 0 Å². The molecule has 0 amide bonds. The minimum Gasteiger partial charge on any atom is -0.380 e. The quantitative estimate of drug-likeness (QED) is 0.847.